The number of halogens is 2. The first-order valence-electron chi connectivity index (χ1n) is 6.91. The van der Waals surface area contributed by atoms with E-state index in [1.54, 1.807) is 12.1 Å². The minimum Gasteiger partial charge on any atom is -0.370 e. The van der Waals surface area contributed by atoms with Gasteiger partial charge in [0.25, 0.3) is 0 Å². The molecule has 1 aromatic rings. The van der Waals surface area contributed by atoms with E-state index >= 15 is 0 Å². The lowest BCUT2D eigenvalue weighted by Crippen LogP contribution is -2.42. The quantitative estimate of drug-likeness (QED) is 0.606. The summed E-state index contributed by atoms with van der Waals surface area (Å²) in [6.07, 6.45) is 2.35. The summed E-state index contributed by atoms with van der Waals surface area (Å²) in [5, 5.41) is 0.932. The van der Waals surface area contributed by atoms with Gasteiger partial charge in [-0.05, 0) is 30.5 Å². The summed E-state index contributed by atoms with van der Waals surface area (Å²) in [6, 6.07) is 6.29. The van der Waals surface area contributed by atoms with Crippen LogP contribution in [0.3, 0.4) is 0 Å². The van der Waals surface area contributed by atoms with Crippen molar-refractivity contribution in [3.63, 3.8) is 0 Å². The van der Waals surface area contributed by atoms with Crippen LogP contribution in [0.4, 0.5) is 4.39 Å². The lowest BCUT2D eigenvalue weighted by molar-refractivity contribution is -0.139. The van der Waals surface area contributed by atoms with E-state index in [0.29, 0.717) is 26.1 Å². The summed E-state index contributed by atoms with van der Waals surface area (Å²) in [4.78, 5) is 14.0. The molecule has 0 N–H and O–H groups in total. The first-order chi connectivity index (χ1) is 9.70. The topological polar surface area (TPSA) is 29.5 Å². The van der Waals surface area contributed by atoms with Crippen molar-refractivity contribution in [3.8, 4) is 0 Å². The van der Waals surface area contributed by atoms with Crippen molar-refractivity contribution < 1.29 is 13.9 Å². The van der Waals surface area contributed by atoms with Crippen molar-refractivity contribution in [2.45, 2.75) is 25.4 Å². The number of hydrogen-bond acceptors (Lipinski definition) is 2. The number of benzene rings is 1. The van der Waals surface area contributed by atoms with Gasteiger partial charge in [0, 0.05) is 18.3 Å². The van der Waals surface area contributed by atoms with Crippen LogP contribution < -0.4 is 0 Å². The summed E-state index contributed by atoms with van der Waals surface area (Å²) < 4.78 is 18.6. The summed E-state index contributed by atoms with van der Waals surface area (Å²) in [6.45, 7) is 1.73. The van der Waals surface area contributed by atoms with Gasteiger partial charge in [-0.3, -0.25) is 4.79 Å². The zero-order valence-electron chi connectivity index (χ0n) is 11.4. The molecule has 0 aliphatic carbocycles. The molecule has 1 saturated heterocycles. The number of hydrogen-bond donors (Lipinski definition) is 0. The lowest BCUT2D eigenvalue weighted by Gasteiger charge is -2.33. The van der Waals surface area contributed by atoms with Gasteiger partial charge < -0.3 is 9.64 Å². The molecule has 1 amide bonds. The molecule has 20 heavy (non-hydrogen) atoms. The number of carbonyl (C=O) groups excluding carboxylic acids is 1. The van der Waals surface area contributed by atoms with Crippen LogP contribution in [0.2, 0.25) is 0 Å². The van der Waals surface area contributed by atoms with Gasteiger partial charge >= 0.3 is 0 Å². The standard InChI is InChI=1S/C15H19BrFNO2/c16-8-2-1-3-15(19)18-9-10-20-14(11-18)12-4-6-13(17)7-5-12/h4-7,14H,1-3,8-11H2. The maximum Gasteiger partial charge on any atom is 0.222 e. The molecule has 0 saturated carbocycles. The number of nitrogens with zero attached hydrogens (tertiary/aromatic N) is 1. The summed E-state index contributed by atoms with van der Waals surface area (Å²) >= 11 is 3.37. The Hall–Kier alpha value is -0.940. The molecule has 1 atom stereocenters. The maximum atomic E-state index is 12.9. The SMILES string of the molecule is O=C(CCCCBr)N1CCOC(c2ccc(F)cc2)C1. The van der Waals surface area contributed by atoms with E-state index < -0.39 is 0 Å². The maximum absolute atomic E-state index is 12.9. The van der Waals surface area contributed by atoms with E-state index in [-0.39, 0.29) is 17.8 Å². The van der Waals surface area contributed by atoms with Crippen molar-refractivity contribution in [1.82, 2.24) is 4.90 Å². The van der Waals surface area contributed by atoms with E-state index in [2.05, 4.69) is 15.9 Å². The number of unbranched alkanes of at least 4 members (excludes halogenated alkanes) is 1. The van der Waals surface area contributed by atoms with E-state index in [9.17, 15) is 9.18 Å². The van der Waals surface area contributed by atoms with E-state index in [1.807, 2.05) is 4.90 Å². The molecule has 5 heteroatoms. The fourth-order valence-electron chi connectivity index (χ4n) is 2.28. The minimum absolute atomic E-state index is 0.149. The van der Waals surface area contributed by atoms with Crippen molar-refractivity contribution in [2.75, 3.05) is 25.0 Å². The van der Waals surface area contributed by atoms with Crippen molar-refractivity contribution in [2.24, 2.45) is 0 Å². The molecule has 0 aromatic heterocycles. The smallest absolute Gasteiger partial charge is 0.222 e. The van der Waals surface area contributed by atoms with Crippen LogP contribution in [-0.4, -0.2) is 35.8 Å². The normalized spacial score (nSPS) is 19.1. The molecule has 1 unspecified atom stereocenters. The Kier molecular flexibility index (Phi) is 5.98. The Bertz CT molecular complexity index is 438. The highest BCUT2D eigenvalue weighted by atomic mass is 79.9. The summed E-state index contributed by atoms with van der Waals surface area (Å²) in [5.74, 6) is -0.0753. The highest BCUT2D eigenvalue weighted by Gasteiger charge is 2.24. The average molecular weight is 344 g/mol. The Morgan fingerprint density at radius 1 is 1.35 bits per heavy atom. The Morgan fingerprint density at radius 2 is 2.10 bits per heavy atom. The fraction of sp³-hybridized carbons (Fsp3) is 0.533. The first-order valence-corrected chi connectivity index (χ1v) is 8.03. The van der Waals surface area contributed by atoms with Gasteiger partial charge in [0.2, 0.25) is 5.91 Å². The van der Waals surface area contributed by atoms with Gasteiger partial charge in [0.1, 0.15) is 11.9 Å². The van der Waals surface area contributed by atoms with Crippen LogP contribution >= 0.6 is 15.9 Å². The third-order valence-electron chi connectivity index (χ3n) is 3.44. The second-order valence-corrected chi connectivity index (χ2v) is 5.69. The Labute approximate surface area is 127 Å². The van der Waals surface area contributed by atoms with Crippen molar-refractivity contribution in [3.05, 3.63) is 35.6 Å². The molecule has 110 valence electrons. The van der Waals surface area contributed by atoms with Gasteiger partial charge in [0.05, 0.1) is 13.2 Å². The average Bonchev–Trinajstić information content (AvgIpc) is 2.48. The minimum atomic E-state index is -0.257. The molecule has 3 nitrogen and oxygen atoms in total. The molecule has 0 radical (unpaired) electrons. The van der Waals surface area contributed by atoms with Gasteiger partial charge in [-0.2, -0.15) is 0 Å². The summed E-state index contributed by atoms with van der Waals surface area (Å²) in [7, 11) is 0. The van der Waals surface area contributed by atoms with E-state index in [4.69, 9.17) is 4.74 Å². The molecule has 1 aliphatic rings. The van der Waals surface area contributed by atoms with Crippen molar-refractivity contribution >= 4 is 21.8 Å². The molecule has 2 rings (SSSR count). The van der Waals surface area contributed by atoms with Crippen LogP contribution in [0.1, 0.15) is 30.9 Å². The number of morpholine rings is 1. The van der Waals surface area contributed by atoms with Crippen LogP contribution in [0.15, 0.2) is 24.3 Å². The zero-order chi connectivity index (χ0) is 14.4. The molecular weight excluding hydrogens is 325 g/mol. The Morgan fingerprint density at radius 3 is 2.80 bits per heavy atom. The predicted molar refractivity (Wildman–Crippen MR) is 79.3 cm³/mol. The third kappa shape index (κ3) is 4.28. The van der Waals surface area contributed by atoms with E-state index in [0.717, 1.165) is 23.7 Å². The van der Waals surface area contributed by atoms with Crippen LogP contribution in [-0.2, 0) is 9.53 Å². The van der Waals surface area contributed by atoms with Gasteiger partial charge in [0.15, 0.2) is 0 Å². The molecule has 1 fully saturated rings. The van der Waals surface area contributed by atoms with Crippen molar-refractivity contribution in [1.29, 1.82) is 0 Å². The van der Waals surface area contributed by atoms with Crippen LogP contribution in [0, 0.1) is 5.82 Å². The molecule has 1 aromatic carbocycles. The molecule has 1 aliphatic heterocycles. The lowest BCUT2D eigenvalue weighted by atomic mass is 10.1. The molecular formula is C15H19BrFNO2. The number of rotatable bonds is 5. The fourth-order valence-corrected chi connectivity index (χ4v) is 2.68. The number of ether oxygens (including phenoxy) is 1. The van der Waals surface area contributed by atoms with Gasteiger partial charge in [-0.25, -0.2) is 4.39 Å². The second-order valence-electron chi connectivity index (χ2n) is 4.90. The summed E-state index contributed by atoms with van der Waals surface area (Å²) in [5.41, 5.74) is 0.921. The molecule has 0 spiro atoms. The number of amides is 1. The highest BCUT2D eigenvalue weighted by molar-refractivity contribution is 9.09. The van der Waals surface area contributed by atoms with E-state index in [1.165, 1.54) is 12.1 Å². The number of alkyl halides is 1. The van der Waals surface area contributed by atoms with Gasteiger partial charge in [-0.1, -0.05) is 28.1 Å². The van der Waals surface area contributed by atoms with Crippen LogP contribution in [0.25, 0.3) is 0 Å². The molecule has 1 heterocycles. The molecule has 0 bridgehead atoms. The second kappa shape index (κ2) is 7.74. The van der Waals surface area contributed by atoms with Gasteiger partial charge in [-0.15, -0.1) is 0 Å². The largest absolute Gasteiger partial charge is 0.370 e. The van der Waals surface area contributed by atoms with Crippen LogP contribution in [0.5, 0.6) is 0 Å². The number of carbonyl (C=O) groups is 1. The predicted octanol–water partition coefficient (Wildman–Crippen LogP) is 3.29. The Balaban J connectivity index is 1.91. The monoisotopic (exact) mass is 343 g/mol. The zero-order valence-corrected chi connectivity index (χ0v) is 12.9. The highest BCUT2D eigenvalue weighted by Crippen LogP contribution is 2.23. The third-order valence-corrected chi connectivity index (χ3v) is 4.00. The first kappa shape index (κ1) is 15.4.